The third kappa shape index (κ3) is 3.15. The second-order valence-corrected chi connectivity index (χ2v) is 5.57. The minimum Gasteiger partial charge on any atom is -0.466 e. The molecule has 1 N–H and O–H groups in total. The van der Waals surface area contributed by atoms with Gasteiger partial charge in [0.05, 0.1) is 17.0 Å². The molecule has 122 valence electrons. The Labute approximate surface area is 140 Å². The average molecular weight is 321 g/mol. The topological polar surface area (TPSA) is 59.5 Å². The van der Waals surface area contributed by atoms with Crippen LogP contribution in [0.5, 0.6) is 0 Å². The zero-order valence-corrected chi connectivity index (χ0v) is 13.9. The first-order valence-electron chi connectivity index (χ1n) is 7.70. The molecule has 0 fully saturated rings. The van der Waals surface area contributed by atoms with Crippen LogP contribution < -0.4 is 5.43 Å². The molecule has 0 aliphatic heterocycles. The zero-order chi connectivity index (χ0) is 17.1. The van der Waals surface area contributed by atoms with Gasteiger partial charge in [0, 0.05) is 18.0 Å². The van der Waals surface area contributed by atoms with Crippen LogP contribution in [0.25, 0.3) is 5.69 Å². The molecule has 3 rings (SSSR count). The summed E-state index contributed by atoms with van der Waals surface area (Å²) in [5, 5.41) is 4.22. The monoisotopic (exact) mass is 321 g/mol. The van der Waals surface area contributed by atoms with E-state index in [0.717, 1.165) is 22.8 Å². The van der Waals surface area contributed by atoms with Gasteiger partial charge in [0.25, 0.3) is 5.91 Å². The third-order valence-electron chi connectivity index (χ3n) is 3.79. The number of aromatic nitrogens is 1. The quantitative estimate of drug-likeness (QED) is 0.586. The highest BCUT2D eigenvalue weighted by Gasteiger charge is 2.12. The van der Waals surface area contributed by atoms with Gasteiger partial charge >= 0.3 is 0 Å². The maximum Gasteiger partial charge on any atom is 0.273 e. The number of carbonyl (C=O) groups excluding carboxylic acids is 1. The summed E-state index contributed by atoms with van der Waals surface area (Å²) in [4.78, 5) is 12.5. The van der Waals surface area contributed by atoms with Crippen LogP contribution in [0.2, 0.25) is 0 Å². The molecular formula is C19H19N3O2. The van der Waals surface area contributed by atoms with E-state index in [9.17, 15) is 4.79 Å². The van der Waals surface area contributed by atoms with Gasteiger partial charge in [0.1, 0.15) is 11.5 Å². The van der Waals surface area contributed by atoms with E-state index in [-0.39, 0.29) is 5.91 Å². The van der Waals surface area contributed by atoms with E-state index >= 15 is 0 Å². The number of nitrogens with one attached hydrogen (secondary N) is 1. The lowest BCUT2D eigenvalue weighted by molar-refractivity contribution is 0.0955. The lowest BCUT2D eigenvalue weighted by atomic mass is 10.1. The van der Waals surface area contributed by atoms with Crippen molar-refractivity contribution in [2.24, 2.45) is 5.10 Å². The van der Waals surface area contributed by atoms with Crippen LogP contribution in [0.4, 0.5) is 0 Å². The van der Waals surface area contributed by atoms with Gasteiger partial charge < -0.3 is 8.98 Å². The van der Waals surface area contributed by atoms with Gasteiger partial charge in [-0.2, -0.15) is 5.10 Å². The predicted octanol–water partition coefficient (Wildman–Crippen LogP) is 3.84. The minimum atomic E-state index is -0.253. The summed E-state index contributed by atoms with van der Waals surface area (Å²) in [6, 6.07) is 13.2. The SMILES string of the molecule is C/C(=N/NC(=O)c1ccccc1-n1cccc1)c1cc(C)oc1C. The Kier molecular flexibility index (Phi) is 4.33. The Morgan fingerprint density at radius 1 is 1.08 bits per heavy atom. The van der Waals surface area contributed by atoms with E-state index in [1.54, 1.807) is 6.07 Å². The Hall–Kier alpha value is -3.08. The molecule has 2 aromatic heterocycles. The van der Waals surface area contributed by atoms with Crippen LogP contribution in [-0.4, -0.2) is 16.2 Å². The standard InChI is InChI=1S/C19H19N3O2/c1-13-12-17(15(3)24-13)14(2)20-21-19(23)16-8-4-5-9-18(16)22-10-6-7-11-22/h4-12H,1-3H3,(H,21,23)/b20-14-. The molecule has 1 amide bonds. The number of rotatable bonds is 4. The Balaban J connectivity index is 1.84. The maximum atomic E-state index is 12.5. The number of hydrogen-bond acceptors (Lipinski definition) is 3. The molecule has 3 aromatic rings. The molecule has 0 saturated heterocycles. The highest BCUT2D eigenvalue weighted by Crippen LogP contribution is 2.16. The highest BCUT2D eigenvalue weighted by atomic mass is 16.3. The molecule has 0 bridgehead atoms. The third-order valence-corrected chi connectivity index (χ3v) is 3.79. The van der Waals surface area contributed by atoms with Crippen LogP contribution >= 0.6 is 0 Å². The van der Waals surface area contributed by atoms with Crippen LogP contribution in [0.1, 0.15) is 34.4 Å². The average Bonchev–Trinajstić information content (AvgIpc) is 3.22. The van der Waals surface area contributed by atoms with Crippen molar-refractivity contribution in [3.63, 3.8) is 0 Å². The van der Waals surface area contributed by atoms with E-state index in [4.69, 9.17) is 4.42 Å². The molecule has 0 spiro atoms. The van der Waals surface area contributed by atoms with Gasteiger partial charge in [-0.15, -0.1) is 0 Å². The number of carbonyl (C=O) groups is 1. The van der Waals surface area contributed by atoms with Gasteiger partial charge in [-0.25, -0.2) is 5.43 Å². The zero-order valence-electron chi connectivity index (χ0n) is 13.9. The van der Waals surface area contributed by atoms with E-state index in [0.29, 0.717) is 11.3 Å². The number of aryl methyl sites for hydroxylation is 2. The lowest BCUT2D eigenvalue weighted by Gasteiger charge is -2.09. The fourth-order valence-electron chi connectivity index (χ4n) is 2.63. The van der Waals surface area contributed by atoms with Crippen molar-refractivity contribution in [3.05, 3.63) is 77.5 Å². The molecule has 0 radical (unpaired) electrons. The van der Waals surface area contributed by atoms with Crippen LogP contribution in [-0.2, 0) is 0 Å². The first-order chi connectivity index (χ1) is 11.6. The summed E-state index contributed by atoms with van der Waals surface area (Å²) in [6.45, 7) is 5.61. The van der Waals surface area contributed by atoms with Crippen molar-refractivity contribution in [2.75, 3.05) is 0 Å². The Morgan fingerprint density at radius 3 is 2.46 bits per heavy atom. The first-order valence-corrected chi connectivity index (χ1v) is 7.70. The molecule has 1 aromatic carbocycles. The van der Waals surface area contributed by atoms with Gasteiger partial charge in [0.2, 0.25) is 0 Å². The molecule has 24 heavy (non-hydrogen) atoms. The predicted molar refractivity (Wildman–Crippen MR) is 93.6 cm³/mol. The van der Waals surface area contributed by atoms with Crippen molar-refractivity contribution in [3.8, 4) is 5.69 Å². The van der Waals surface area contributed by atoms with Crippen molar-refractivity contribution in [1.82, 2.24) is 9.99 Å². The molecule has 0 unspecified atom stereocenters. The van der Waals surface area contributed by atoms with Gasteiger partial charge in [0.15, 0.2) is 0 Å². The number of benzene rings is 1. The Morgan fingerprint density at radius 2 is 1.79 bits per heavy atom. The number of hydrazone groups is 1. The maximum absolute atomic E-state index is 12.5. The number of nitrogens with zero attached hydrogens (tertiary/aromatic N) is 2. The summed E-state index contributed by atoms with van der Waals surface area (Å²) < 4.78 is 7.40. The summed E-state index contributed by atoms with van der Waals surface area (Å²) in [7, 11) is 0. The van der Waals surface area contributed by atoms with Gasteiger partial charge in [-0.05, 0) is 51.1 Å². The first kappa shape index (κ1) is 15.8. The summed E-state index contributed by atoms with van der Waals surface area (Å²) >= 11 is 0. The molecule has 2 heterocycles. The van der Waals surface area contributed by atoms with E-state index in [1.807, 2.05) is 74.1 Å². The second-order valence-electron chi connectivity index (χ2n) is 5.57. The van der Waals surface area contributed by atoms with Crippen LogP contribution in [0.3, 0.4) is 0 Å². The molecule has 0 aliphatic rings. The van der Waals surface area contributed by atoms with Crippen molar-refractivity contribution < 1.29 is 9.21 Å². The molecule has 0 atom stereocenters. The Bertz CT molecular complexity index is 889. The lowest BCUT2D eigenvalue weighted by Crippen LogP contribution is -2.21. The number of hydrogen-bond donors (Lipinski definition) is 1. The highest BCUT2D eigenvalue weighted by molar-refractivity contribution is 6.02. The van der Waals surface area contributed by atoms with E-state index in [1.165, 1.54) is 0 Å². The van der Waals surface area contributed by atoms with E-state index in [2.05, 4.69) is 10.5 Å². The summed E-state index contributed by atoms with van der Waals surface area (Å²) in [5.41, 5.74) is 5.60. The normalized spacial score (nSPS) is 11.5. The van der Waals surface area contributed by atoms with E-state index < -0.39 is 0 Å². The molecule has 5 heteroatoms. The van der Waals surface area contributed by atoms with Crippen molar-refractivity contribution in [1.29, 1.82) is 0 Å². The number of amides is 1. The second kappa shape index (κ2) is 6.58. The summed E-state index contributed by atoms with van der Waals surface area (Å²) in [6.07, 6.45) is 3.80. The fraction of sp³-hybridized carbons (Fsp3) is 0.158. The largest absolute Gasteiger partial charge is 0.466 e. The molecule has 0 saturated carbocycles. The summed E-state index contributed by atoms with van der Waals surface area (Å²) in [5.74, 6) is 1.36. The minimum absolute atomic E-state index is 0.253. The smallest absolute Gasteiger partial charge is 0.273 e. The van der Waals surface area contributed by atoms with Gasteiger partial charge in [-0.3, -0.25) is 4.79 Å². The van der Waals surface area contributed by atoms with Crippen LogP contribution in [0.15, 0.2) is 64.4 Å². The molecule has 5 nitrogen and oxygen atoms in total. The fourth-order valence-corrected chi connectivity index (χ4v) is 2.63. The van der Waals surface area contributed by atoms with Gasteiger partial charge in [-0.1, -0.05) is 12.1 Å². The molecule has 0 aliphatic carbocycles. The van der Waals surface area contributed by atoms with Crippen molar-refractivity contribution >= 4 is 11.6 Å². The number of para-hydroxylation sites is 1. The van der Waals surface area contributed by atoms with Crippen molar-refractivity contribution in [2.45, 2.75) is 20.8 Å². The molecular weight excluding hydrogens is 302 g/mol. The number of furan rings is 1. The van der Waals surface area contributed by atoms with Crippen LogP contribution in [0, 0.1) is 13.8 Å².